The van der Waals surface area contributed by atoms with Crippen LogP contribution in [0.4, 0.5) is 0 Å². The Morgan fingerprint density at radius 3 is 2.71 bits per heavy atom. The summed E-state index contributed by atoms with van der Waals surface area (Å²) in [5, 5.41) is 0.997. The molecule has 1 N–H and O–H groups in total. The Morgan fingerprint density at radius 1 is 1.25 bits per heavy atom. The van der Waals surface area contributed by atoms with Crippen LogP contribution < -0.4 is 0 Å². The quantitative estimate of drug-likeness (QED) is 0.869. The van der Waals surface area contributed by atoms with Crippen molar-refractivity contribution in [2.45, 2.75) is 32.5 Å². The minimum absolute atomic E-state index is 0.000350. The number of esters is 1. The van der Waals surface area contributed by atoms with Crippen LogP contribution in [0.25, 0.3) is 10.9 Å². The van der Waals surface area contributed by atoms with Crippen molar-refractivity contribution in [3.63, 3.8) is 0 Å². The fourth-order valence-corrected chi connectivity index (χ4v) is 3.10. The Balaban J connectivity index is 1.53. The monoisotopic (exact) mass is 330 g/mol. The molecule has 2 aromatic rings. The molecule has 0 radical (unpaired) electrons. The van der Waals surface area contributed by atoms with Crippen LogP contribution >= 0.6 is 0 Å². The maximum atomic E-state index is 12.2. The Bertz CT molecular complexity index is 729. The predicted octanol–water partition coefficient (Wildman–Crippen LogP) is 1.89. The number of hydrogen-bond donors (Lipinski definition) is 1. The van der Waals surface area contributed by atoms with E-state index < -0.39 is 5.97 Å². The minimum atomic E-state index is -0.401. The highest BCUT2D eigenvalue weighted by Crippen LogP contribution is 2.18. The number of para-hydroxylation sites is 1. The van der Waals surface area contributed by atoms with E-state index in [0.717, 1.165) is 16.5 Å². The van der Waals surface area contributed by atoms with Crippen LogP contribution in [0.2, 0.25) is 0 Å². The smallest absolute Gasteiger partial charge is 0.310 e. The van der Waals surface area contributed by atoms with Gasteiger partial charge < -0.3 is 19.4 Å². The van der Waals surface area contributed by atoms with E-state index in [4.69, 9.17) is 9.47 Å². The number of fused-ring (bicyclic) bond motifs is 1. The summed E-state index contributed by atoms with van der Waals surface area (Å²) in [5.74, 6) is -0.577. The number of aromatic nitrogens is 1. The molecule has 0 bridgehead atoms. The number of nitrogens with one attached hydrogen (secondary N) is 1. The SMILES string of the molecule is C[C@@H]1CN(C(=O)COC(=O)Cc2c[nH]c3ccccc23)C[C@@H](C)O1. The molecule has 6 heteroatoms. The van der Waals surface area contributed by atoms with E-state index in [1.807, 2.05) is 38.1 Å². The maximum Gasteiger partial charge on any atom is 0.310 e. The number of hydrogen-bond acceptors (Lipinski definition) is 4. The molecule has 0 aliphatic carbocycles. The molecule has 2 heterocycles. The van der Waals surface area contributed by atoms with Gasteiger partial charge in [0.15, 0.2) is 6.61 Å². The third-order valence-corrected chi connectivity index (χ3v) is 4.14. The number of carbonyl (C=O) groups excluding carboxylic acids is 2. The van der Waals surface area contributed by atoms with Crippen molar-refractivity contribution in [3.8, 4) is 0 Å². The summed E-state index contributed by atoms with van der Waals surface area (Å²) in [6.45, 7) is 4.70. The predicted molar refractivity (Wildman–Crippen MR) is 89.6 cm³/mol. The molecule has 6 nitrogen and oxygen atoms in total. The van der Waals surface area contributed by atoms with Gasteiger partial charge in [0, 0.05) is 30.2 Å². The number of amides is 1. The van der Waals surface area contributed by atoms with Crippen LogP contribution in [0.5, 0.6) is 0 Å². The summed E-state index contributed by atoms with van der Waals surface area (Å²) < 4.78 is 10.8. The molecule has 0 spiro atoms. The Morgan fingerprint density at radius 2 is 1.96 bits per heavy atom. The van der Waals surface area contributed by atoms with E-state index in [0.29, 0.717) is 13.1 Å². The lowest BCUT2D eigenvalue weighted by atomic mass is 10.1. The number of H-pyrrole nitrogens is 1. The van der Waals surface area contributed by atoms with E-state index in [2.05, 4.69) is 4.98 Å². The van der Waals surface area contributed by atoms with Crippen molar-refractivity contribution in [2.24, 2.45) is 0 Å². The zero-order valence-electron chi connectivity index (χ0n) is 14.0. The highest BCUT2D eigenvalue weighted by Gasteiger charge is 2.26. The Hall–Kier alpha value is -2.34. The van der Waals surface area contributed by atoms with E-state index >= 15 is 0 Å². The molecule has 3 rings (SSSR count). The van der Waals surface area contributed by atoms with Crippen molar-refractivity contribution in [1.82, 2.24) is 9.88 Å². The summed E-state index contributed by atoms with van der Waals surface area (Å²) in [7, 11) is 0. The largest absolute Gasteiger partial charge is 0.455 e. The van der Waals surface area contributed by atoms with Gasteiger partial charge >= 0.3 is 5.97 Å². The molecule has 0 saturated carbocycles. The molecule has 1 amide bonds. The molecular formula is C18H22N2O4. The van der Waals surface area contributed by atoms with Gasteiger partial charge in [-0.05, 0) is 25.5 Å². The van der Waals surface area contributed by atoms with Gasteiger partial charge in [-0.25, -0.2) is 0 Å². The van der Waals surface area contributed by atoms with E-state index in [9.17, 15) is 9.59 Å². The molecule has 1 aromatic carbocycles. The van der Waals surface area contributed by atoms with Crippen LogP contribution in [-0.2, 0) is 25.5 Å². The van der Waals surface area contributed by atoms with E-state index in [1.165, 1.54) is 0 Å². The first-order valence-electron chi connectivity index (χ1n) is 8.17. The van der Waals surface area contributed by atoms with Gasteiger partial charge in [-0.3, -0.25) is 9.59 Å². The lowest BCUT2D eigenvalue weighted by Gasteiger charge is -2.35. The average Bonchev–Trinajstić information content (AvgIpc) is 2.95. The number of nitrogens with zero attached hydrogens (tertiary/aromatic N) is 1. The molecule has 1 aliphatic rings. The molecule has 24 heavy (non-hydrogen) atoms. The number of rotatable bonds is 4. The molecule has 1 saturated heterocycles. The highest BCUT2D eigenvalue weighted by molar-refractivity contribution is 5.88. The zero-order chi connectivity index (χ0) is 17.1. The Labute approximate surface area is 140 Å². The first-order chi connectivity index (χ1) is 11.5. The second-order valence-corrected chi connectivity index (χ2v) is 6.25. The standard InChI is InChI=1S/C18H22N2O4/c1-12-9-20(10-13(2)24-12)17(21)11-23-18(22)7-14-8-19-16-6-4-3-5-15(14)16/h3-6,8,12-13,19H,7,9-11H2,1-2H3/t12-,13-/m1/s1. The van der Waals surface area contributed by atoms with Crippen molar-refractivity contribution in [2.75, 3.05) is 19.7 Å². The highest BCUT2D eigenvalue weighted by atomic mass is 16.5. The van der Waals surface area contributed by atoms with Crippen LogP contribution in [0.15, 0.2) is 30.5 Å². The molecular weight excluding hydrogens is 308 g/mol. The number of carbonyl (C=O) groups is 2. The van der Waals surface area contributed by atoms with Crippen molar-refractivity contribution in [3.05, 3.63) is 36.0 Å². The molecule has 1 aliphatic heterocycles. The van der Waals surface area contributed by atoms with Gasteiger partial charge in [-0.15, -0.1) is 0 Å². The van der Waals surface area contributed by atoms with Gasteiger partial charge in [0.2, 0.25) is 0 Å². The summed E-state index contributed by atoms with van der Waals surface area (Å²) in [4.78, 5) is 29.0. The van der Waals surface area contributed by atoms with Gasteiger partial charge in [0.1, 0.15) is 0 Å². The third-order valence-electron chi connectivity index (χ3n) is 4.14. The van der Waals surface area contributed by atoms with Gasteiger partial charge in [-0.2, -0.15) is 0 Å². The first-order valence-corrected chi connectivity index (χ1v) is 8.17. The molecule has 0 unspecified atom stereocenters. The fourth-order valence-electron chi connectivity index (χ4n) is 3.10. The lowest BCUT2D eigenvalue weighted by Crippen LogP contribution is -2.49. The number of morpholine rings is 1. The summed E-state index contributed by atoms with van der Waals surface area (Å²) in [5.41, 5.74) is 1.85. The number of ether oxygens (including phenoxy) is 2. The van der Waals surface area contributed by atoms with Crippen molar-refractivity contribution in [1.29, 1.82) is 0 Å². The van der Waals surface area contributed by atoms with Gasteiger partial charge in [-0.1, -0.05) is 18.2 Å². The van der Waals surface area contributed by atoms with Crippen molar-refractivity contribution >= 4 is 22.8 Å². The second kappa shape index (κ2) is 7.05. The maximum absolute atomic E-state index is 12.2. The molecule has 128 valence electrons. The third kappa shape index (κ3) is 3.76. The molecule has 1 aromatic heterocycles. The number of aromatic amines is 1. The zero-order valence-corrected chi connectivity index (χ0v) is 14.0. The topological polar surface area (TPSA) is 71.6 Å². The number of benzene rings is 1. The van der Waals surface area contributed by atoms with E-state index in [1.54, 1.807) is 11.1 Å². The second-order valence-electron chi connectivity index (χ2n) is 6.25. The summed E-state index contributed by atoms with van der Waals surface area (Å²) in [6, 6.07) is 7.77. The normalized spacial score (nSPS) is 21.0. The van der Waals surface area contributed by atoms with Crippen LogP contribution in [0.1, 0.15) is 19.4 Å². The van der Waals surface area contributed by atoms with Crippen molar-refractivity contribution < 1.29 is 19.1 Å². The van der Waals surface area contributed by atoms with Crippen LogP contribution in [0.3, 0.4) is 0 Å². The minimum Gasteiger partial charge on any atom is -0.455 e. The summed E-state index contributed by atoms with van der Waals surface area (Å²) >= 11 is 0. The summed E-state index contributed by atoms with van der Waals surface area (Å²) in [6.07, 6.45) is 1.95. The molecule has 1 fully saturated rings. The van der Waals surface area contributed by atoms with Crippen LogP contribution in [-0.4, -0.2) is 53.7 Å². The lowest BCUT2D eigenvalue weighted by molar-refractivity contribution is -0.156. The molecule has 2 atom stereocenters. The van der Waals surface area contributed by atoms with Gasteiger partial charge in [0.05, 0.1) is 18.6 Å². The van der Waals surface area contributed by atoms with Gasteiger partial charge in [0.25, 0.3) is 5.91 Å². The fraction of sp³-hybridized carbons (Fsp3) is 0.444. The Kier molecular flexibility index (Phi) is 4.85. The first kappa shape index (κ1) is 16.5. The van der Waals surface area contributed by atoms with Crippen LogP contribution in [0, 0.1) is 0 Å². The van der Waals surface area contributed by atoms with E-state index in [-0.39, 0.29) is 31.1 Å². The average molecular weight is 330 g/mol.